The highest BCUT2D eigenvalue weighted by molar-refractivity contribution is 7.98. The fraction of sp³-hybridized carbons (Fsp3) is 0.500. The predicted molar refractivity (Wildman–Crippen MR) is 84.1 cm³/mol. The van der Waals surface area contributed by atoms with E-state index in [-0.39, 0.29) is 0 Å². The molecule has 2 aromatic heterocycles. The molecular formula is C14H14Cl2N4S. The molecule has 0 radical (unpaired) electrons. The highest BCUT2D eigenvalue weighted by Crippen LogP contribution is 2.46. The number of pyridine rings is 1. The maximum atomic E-state index is 6.17. The van der Waals surface area contributed by atoms with Crippen LogP contribution in [0.25, 0.3) is 0 Å². The summed E-state index contributed by atoms with van der Waals surface area (Å²) in [5, 5.41) is 10.9. The van der Waals surface area contributed by atoms with E-state index in [4.69, 9.17) is 23.2 Å². The lowest BCUT2D eigenvalue weighted by atomic mass is 10.4. The minimum atomic E-state index is 0.470. The second-order valence-electron chi connectivity index (χ2n) is 5.57. The lowest BCUT2D eigenvalue weighted by Crippen LogP contribution is -2.02. The lowest BCUT2D eigenvalue weighted by molar-refractivity contribution is 0.627. The van der Waals surface area contributed by atoms with Crippen LogP contribution in [0.3, 0.4) is 0 Å². The van der Waals surface area contributed by atoms with E-state index in [2.05, 4.69) is 19.7 Å². The van der Waals surface area contributed by atoms with E-state index in [1.165, 1.54) is 31.5 Å². The van der Waals surface area contributed by atoms with Crippen molar-refractivity contribution in [2.24, 2.45) is 0 Å². The molecule has 4 rings (SSSR count). The number of hydrogen-bond acceptors (Lipinski definition) is 4. The summed E-state index contributed by atoms with van der Waals surface area (Å²) < 4.78 is 2.33. The second kappa shape index (κ2) is 5.45. The van der Waals surface area contributed by atoms with E-state index in [1.807, 2.05) is 0 Å². The molecule has 7 heteroatoms. The monoisotopic (exact) mass is 340 g/mol. The van der Waals surface area contributed by atoms with Gasteiger partial charge in [0.05, 0.1) is 10.7 Å². The highest BCUT2D eigenvalue weighted by atomic mass is 35.5. The van der Waals surface area contributed by atoms with Gasteiger partial charge in [-0.2, -0.15) is 0 Å². The van der Waals surface area contributed by atoms with Crippen LogP contribution in [-0.4, -0.2) is 19.7 Å². The minimum Gasteiger partial charge on any atom is -0.303 e. The Morgan fingerprint density at radius 1 is 1.14 bits per heavy atom. The normalized spacial score (nSPS) is 18.2. The van der Waals surface area contributed by atoms with Gasteiger partial charge in [0.2, 0.25) is 0 Å². The van der Waals surface area contributed by atoms with Gasteiger partial charge < -0.3 is 4.57 Å². The third-order valence-corrected chi connectivity index (χ3v) is 5.28. The van der Waals surface area contributed by atoms with Crippen molar-refractivity contribution in [2.45, 2.75) is 48.6 Å². The van der Waals surface area contributed by atoms with Crippen LogP contribution in [0.2, 0.25) is 10.2 Å². The van der Waals surface area contributed by atoms with Gasteiger partial charge in [0.1, 0.15) is 11.0 Å². The molecule has 0 N–H and O–H groups in total. The Morgan fingerprint density at radius 2 is 1.95 bits per heavy atom. The van der Waals surface area contributed by atoms with Gasteiger partial charge in [-0.15, -0.1) is 10.2 Å². The summed E-state index contributed by atoms with van der Waals surface area (Å²) >= 11 is 13.7. The molecule has 2 aliphatic carbocycles. The Labute approximate surface area is 137 Å². The molecule has 0 amide bonds. The third kappa shape index (κ3) is 2.91. The van der Waals surface area contributed by atoms with Crippen LogP contribution in [0.4, 0.5) is 0 Å². The first-order valence-corrected chi connectivity index (χ1v) is 8.85. The van der Waals surface area contributed by atoms with Gasteiger partial charge in [-0.05, 0) is 37.8 Å². The first kappa shape index (κ1) is 13.9. The highest BCUT2D eigenvalue weighted by Gasteiger charge is 2.36. The SMILES string of the molecule is Clc1ccc(Cl)c(CSc2nnc(C3CC3)n2C2CC2)n1. The third-order valence-electron chi connectivity index (χ3n) is 3.77. The summed E-state index contributed by atoms with van der Waals surface area (Å²) in [7, 11) is 0. The Morgan fingerprint density at radius 3 is 2.67 bits per heavy atom. The van der Waals surface area contributed by atoms with Crippen LogP contribution in [0.5, 0.6) is 0 Å². The zero-order chi connectivity index (χ0) is 14.4. The van der Waals surface area contributed by atoms with Crippen LogP contribution in [-0.2, 0) is 5.75 Å². The number of rotatable bonds is 5. The van der Waals surface area contributed by atoms with Gasteiger partial charge in [0.25, 0.3) is 0 Å². The first-order chi connectivity index (χ1) is 10.2. The van der Waals surface area contributed by atoms with Gasteiger partial charge in [-0.25, -0.2) is 4.98 Å². The molecule has 21 heavy (non-hydrogen) atoms. The largest absolute Gasteiger partial charge is 0.303 e. The Bertz CT molecular complexity index is 680. The number of nitrogens with zero attached hydrogens (tertiary/aromatic N) is 4. The average Bonchev–Trinajstić information content (AvgIpc) is 3.38. The maximum absolute atomic E-state index is 6.17. The second-order valence-corrected chi connectivity index (χ2v) is 7.30. The van der Waals surface area contributed by atoms with Gasteiger partial charge in [0.15, 0.2) is 5.16 Å². The minimum absolute atomic E-state index is 0.470. The fourth-order valence-corrected chi connectivity index (χ4v) is 3.76. The molecule has 0 aliphatic heterocycles. The maximum Gasteiger partial charge on any atom is 0.191 e. The van der Waals surface area contributed by atoms with E-state index >= 15 is 0 Å². The molecule has 110 valence electrons. The van der Waals surface area contributed by atoms with Crippen molar-refractivity contribution < 1.29 is 0 Å². The topological polar surface area (TPSA) is 43.6 Å². The van der Waals surface area contributed by atoms with Gasteiger partial charge in [-0.1, -0.05) is 35.0 Å². The van der Waals surface area contributed by atoms with E-state index in [0.717, 1.165) is 10.9 Å². The Balaban J connectivity index is 1.55. The number of aromatic nitrogens is 4. The number of halogens is 2. The zero-order valence-corrected chi connectivity index (χ0v) is 13.6. The van der Waals surface area contributed by atoms with E-state index < -0.39 is 0 Å². The van der Waals surface area contributed by atoms with Crippen molar-refractivity contribution in [3.8, 4) is 0 Å². The molecule has 0 spiro atoms. The molecule has 2 saturated carbocycles. The van der Waals surface area contributed by atoms with Crippen molar-refractivity contribution >= 4 is 35.0 Å². The van der Waals surface area contributed by atoms with Gasteiger partial charge in [-0.3, -0.25) is 0 Å². The molecule has 0 saturated heterocycles. The fourth-order valence-electron chi connectivity index (χ4n) is 2.37. The van der Waals surface area contributed by atoms with Crippen molar-refractivity contribution in [3.05, 3.63) is 33.8 Å². The number of thioether (sulfide) groups is 1. The standard InChI is InChI=1S/C14H14Cl2N4S/c15-10-5-6-12(16)17-11(10)7-21-14-19-18-13(8-1-2-8)20(14)9-3-4-9/h5-6,8-9H,1-4,7H2. The molecular weight excluding hydrogens is 327 g/mol. The molecule has 2 heterocycles. The molecule has 0 atom stereocenters. The predicted octanol–water partition coefficient (Wildman–Crippen LogP) is 4.48. The van der Waals surface area contributed by atoms with Crippen LogP contribution >= 0.6 is 35.0 Å². The first-order valence-electron chi connectivity index (χ1n) is 7.11. The molecule has 2 aliphatic rings. The van der Waals surface area contributed by atoms with E-state index in [0.29, 0.717) is 27.9 Å². The summed E-state index contributed by atoms with van der Waals surface area (Å²) in [5.74, 6) is 2.46. The molecule has 0 aromatic carbocycles. The zero-order valence-electron chi connectivity index (χ0n) is 11.3. The molecule has 4 nitrogen and oxygen atoms in total. The molecule has 0 bridgehead atoms. The van der Waals surface area contributed by atoms with Crippen molar-refractivity contribution in [1.82, 2.24) is 19.7 Å². The Kier molecular flexibility index (Phi) is 3.59. The lowest BCUT2D eigenvalue weighted by Gasteiger charge is -2.08. The summed E-state index contributed by atoms with van der Waals surface area (Å²) in [5.41, 5.74) is 0.799. The van der Waals surface area contributed by atoms with Crippen LogP contribution in [0.1, 0.15) is 49.2 Å². The quantitative estimate of drug-likeness (QED) is 0.594. The average molecular weight is 341 g/mol. The van der Waals surface area contributed by atoms with Crippen LogP contribution in [0, 0.1) is 0 Å². The van der Waals surface area contributed by atoms with E-state index in [9.17, 15) is 0 Å². The van der Waals surface area contributed by atoms with Gasteiger partial charge >= 0.3 is 0 Å². The van der Waals surface area contributed by atoms with Crippen LogP contribution in [0.15, 0.2) is 17.3 Å². The van der Waals surface area contributed by atoms with Crippen molar-refractivity contribution in [1.29, 1.82) is 0 Å². The molecule has 2 aromatic rings. The summed E-state index contributed by atoms with van der Waals surface area (Å²) in [6.45, 7) is 0. The summed E-state index contributed by atoms with van der Waals surface area (Å²) in [4.78, 5) is 4.29. The van der Waals surface area contributed by atoms with E-state index in [1.54, 1.807) is 23.9 Å². The summed E-state index contributed by atoms with van der Waals surface area (Å²) in [6.07, 6.45) is 4.97. The van der Waals surface area contributed by atoms with Crippen molar-refractivity contribution in [2.75, 3.05) is 0 Å². The molecule has 2 fully saturated rings. The van der Waals surface area contributed by atoms with Crippen LogP contribution < -0.4 is 0 Å². The Hall–Kier alpha value is -0.780. The number of hydrogen-bond donors (Lipinski definition) is 0. The molecule has 0 unspecified atom stereocenters. The smallest absolute Gasteiger partial charge is 0.191 e. The summed E-state index contributed by atoms with van der Waals surface area (Å²) in [6, 6.07) is 4.09. The van der Waals surface area contributed by atoms with Crippen molar-refractivity contribution in [3.63, 3.8) is 0 Å². The van der Waals surface area contributed by atoms with Gasteiger partial charge in [0, 0.05) is 17.7 Å².